The largest absolute Gasteiger partial charge is 0.352 e. The first kappa shape index (κ1) is 14.1. The number of halogens is 1. The zero-order valence-electron chi connectivity index (χ0n) is 9.37. The molecule has 2 nitrogen and oxygen atoms in total. The second kappa shape index (κ2) is 7.41. The van der Waals surface area contributed by atoms with Gasteiger partial charge >= 0.3 is 0 Å². The highest BCUT2D eigenvalue weighted by atomic mass is 79.9. The summed E-state index contributed by atoms with van der Waals surface area (Å²) in [5.74, 6) is 2.48. The SMILES string of the molecule is C#CCCCCNC(=O)c1ccc(Br)cc1S. The van der Waals surface area contributed by atoms with Crippen molar-refractivity contribution in [1.82, 2.24) is 5.32 Å². The van der Waals surface area contributed by atoms with Crippen LogP contribution in [0.1, 0.15) is 29.6 Å². The van der Waals surface area contributed by atoms with Crippen LogP contribution in [0.3, 0.4) is 0 Å². The maximum Gasteiger partial charge on any atom is 0.252 e. The lowest BCUT2D eigenvalue weighted by molar-refractivity contribution is 0.0950. The molecular formula is C13H14BrNOS. The van der Waals surface area contributed by atoms with Crippen molar-refractivity contribution >= 4 is 34.5 Å². The number of carbonyl (C=O) groups excluding carboxylic acids is 1. The van der Waals surface area contributed by atoms with Gasteiger partial charge in [-0.25, -0.2) is 0 Å². The Morgan fingerprint density at radius 1 is 1.47 bits per heavy atom. The van der Waals surface area contributed by atoms with Crippen LogP contribution in [0, 0.1) is 12.3 Å². The second-order valence-corrected chi connectivity index (χ2v) is 4.98. The van der Waals surface area contributed by atoms with Crippen molar-refractivity contribution in [2.24, 2.45) is 0 Å². The lowest BCUT2D eigenvalue weighted by Gasteiger charge is -2.07. The number of hydrogen-bond acceptors (Lipinski definition) is 2. The molecule has 1 aromatic rings. The van der Waals surface area contributed by atoms with Gasteiger partial charge in [-0.2, -0.15) is 0 Å². The highest BCUT2D eigenvalue weighted by Gasteiger charge is 2.08. The fourth-order valence-corrected chi connectivity index (χ4v) is 2.20. The molecule has 0 atom stereocenters. The van der Waals surface area contributed by atoms with Crippen molar-refractivity contribution in [3.63, 3.8) is 0 Å². The van der Waals surface area contributed by atoms with Crippen molar-refractivity contribution in [1.29, 1.82) is 0 Å². The molecular weight excluding hydrogens is 298 g/mol. The molecule has 0 aromatic heterocycles. The average molecular weight is 312 g/mol. The molecule has 0 spiro atoms. The predicted octanol–water partition coefficient (Wildman–Crippen LogP) is 3.27. The second-order valence-electron chi connectivity index (χ2n) is 3.58. The molecule has 0 fully saturated rings. The van der Waals surface area contributed by atoms with Crippen LogP contribution < -0.4 is 5.32 Å². The maximum atomic E-state index is 11.8. The van der Waals surface area contributed by atoms with Crippen molar-refractivity contribution in [3.8, 4) is 12.3 Å². The molecule has 0 unspecified atom stereocenters. The molecule has 1 N–H and O–H groups in total. The van der Waals surface area contributed by atoms with Gasteiger partial charge in [-0.1, -0.05) is 15.9 Å². The number of thiol groups is 1. The summed E-state index contributed by atoms with van der Waals surface area (Å²) in [4.78, 5) is 12.5. The molecule has 17 heavy (non-hydrogen) atoms. The van der Waals surface area contributed by atoms with E-state index in [1.165, 1.54) is 0 Å². The Hall–Kier alpha value is -0.920. The third kappa shape index (κ3) is 4.84. The van der Waals surface area contributed by atoms with Crippen LogP contribution in [-0.2, 0) is 0 Å². The summed E-state index contributed by atoms with van der Waals surface area (Å²) in [7, 11) is 0. The number of amides is 1. The van der Waals surface area contributed by atoms with Crippen molar-refractivity contribution in [3.05, 3.63) is 28.2 Å². The third-order valence-corrected chi connectivity index (χ3v) is 3.10. The number of rotatable bonds is 5. The number of terminal acetylenes is 1. The van der Waals surface area contributed by atoms with Crippen LogP contribution in [0.2, 0.25) is 0 Å². The van der Waals surface area contributed by atoms with Gasteiger partial charge in [-0.05, 0) is 31.0 Å². The minimum absolute atomic E-state index is 0.0943. The Balaban J connectivity index is 2.45. The van der Waals surface area contributed by atoms with E-state index < -0.39 is 0 Å². The van der Waals surface area contributed by atoms with Crippen LogP contribution in [0.4, 0.5) is 0 Å². The van der Waals surface area contributed by atoms with E-state index in [-0.39, 0.29) is 5.91 Å². The van der Waals surface area contributed by atoms with Gasteiger partial charge in [0.1, 0.15) is 0 Å². The van der Waals surface area contributed by atoms with Gasteiger partial charge in [0.15, 0.2) is 0 Å². The summed E-state index contributed by atoms with van der Waals surface area (Å²) in [6, 6.07) is 5.38. The maximum absolute atomic E-state index is 11.8. The Morgan fingerprint density at radius 3 is 2.88 bits per heavy atom. The molecule has 0 radical (unpaired) electrons. The van der Waals surface area contributed by atoms with Crippen molar-refractivity contribution < 1.29 is 4.79 Å². The van der Waals surface area contributed by atoms with E-state index in [9.17, 15) is 4.79 Å². The number of carbonyl (C=O) groups is 1. The molecule has 1 rings (SSSR count). The fraction of sp³-hybridized carbons (Fsp3) is 0.308. The minimum Gasteiger partial charge on any atom is -0.352 e. The number of nitrogens with one attached hydrogen (secondary N) is 1. The van der Waals surface area contributed by atoms with Crippen LogP contribution in [0.25, 0.3) is 0 Å². The van der Waals surface area contributed by atoms with E-state index in [1.807, 2.05) is 6.07 Å². The molecule has 0 heterocycles. The van der Waals surface area contributed by atoms with Gasteiger partial charge in [0.05, 0.1) is 5.56 Å². The summed E-state index contributed by atoms with van der Waals surface area (Å²) < 4.78 is 0.910. The first-order valence-corrected chi connectivity index (χ1v) is 6.59. The van der Waals surface area contributed by atoms with E-state index in [0.717, 1.165) is 23.7 Å². The number of benzene rings is 1. The average Bonchev–Trinajstić information content (AvgIpc) is 2.28. The first-order chi connectivity index (χ1) is 8.15. The summed E-state index contributed by atoms with van der Waals surface area (Å²) in [6.07, 6.45) is 7.73. The molecule has 0 saturated heterocycles. The Labute approximate surface area is 116 Å². The van der Waals surface area contributed by atoms with Gasteiger partial charge in [0, 0.05) is 22.3 Å². The topological polar surface area (TPSA) is 29.1 Å². The molecule has 1 aromatic carbocycles. The van der Waals surface area contributed by atoms with E-state index in [2.05, 4.69) is 39.8 Å². The van der Waals surface area contributed by atoms with Crippen LogP contribution >= 0.6 is 28.6 Å². The molecule has 0 bridgehead atoms. The molecule has 0 aliphatic heterocycles. The Kier molecular flexibility index (Phi) is 6.17. The van der Waals surface area contributed by atoms with Crippen molar-refractivity contribution in [2.45, 2.75) is 24.2 Å². The molecule has 1 amide bonds. The van der Waals surface area contributed by atoms with E-state index >= 15 is 0 Å². The lowest BCUT2D eigenvalue weighted by atomic mass is 10.2. The summed E-state index contributed by atoms with van der Waals surface area (Å²) >= 11 is 7.60. The highest BCUT2D eigenvalue weighted by Crippen LogP contribution is 2.19. The van der Waals surface area contributed by atoms with Crippen molar-refractivity contribution in [2.75, 3.05) is 6.54 Å². The van der Waals surface area contributed by atoms with Crippen LogP contribution in [0.5, 0.6) is 0 Å². The van der Waals surface area contributed by atoms with E-state index in [0.29, 0.717) is 17.0 Å². The van der Waals surface area contributed by atoms with E-state index in [1.54, 1.807) is 12.1 Å². The Morgan fingerprint density at radius 2 is 2.24 bits per heavy atom. The minimum atomic E-state index is -0.0943. The molecule has 4 heteroatoms. The predicted molar refractivity (Wildman–Crippen MR) is 76.4 cm³/mol. The van der Waals surface area contributed by atoms with Gasteiger partial charge in [-0.15, -0.1) is 25.0 Å². The van der Waals surface area contributed by atoms with Gasteiger partial charge in [-0.3, -0.25) is 4.79 Å². The van der Waals surface area contributed by atoms with Gasteiger partial charge < -0.3 is 5.32 Å². The smallest absolute Gasteiger partial charge is 0.252 e. The van der Waals surface area contributed by atoms with Gasteiger partial charge in [0.2, 0.25) is 0 Å². The molecule has 0 saturated carbocycles. The zero-order valence-corrected chi connectivity index (χ0v) is 11.9. The quantitative estimate of drug-likeness (QED) is 0.488. The standard InChI is InChI=1S/C13H14BrNOS/c1-2-3-4-5-8-15-13(16)11-7-6-10(14)9-12(11)17/h1,6-7,9,17H,3-5,8H2,(H,15,16). The Bertz CT molecular complexity index is 440. The summed E-state index contributed by atoms with van der Waals surface area (Å²) in [5, 5.41) is 2.85. The van der Waals surface area contributed by atoms with Gasteiger partial charge in [0.25, 0.3) is 5.91 Å². The van der Waals surface area contributed by atoms with Crippen LogP contribution in [0.15, 0.2) is 27.6 Å². The number of hydrogen-bond donors (Lipinski definition) is 2. The molecule has 90 valence electrons. The fourth-order valence-electron chi connectivity index (χ4n) is 1.35. The highest BCUT2D eigenvalue weighted by molar-refractivity contribution is 9.10. The summed E-state index contributed by atoms with van der Waals surface area (Å²) in [6.45, 7) is 0.643. The lowest BCUT2D eigenvalue weighted by Crippen LogP contribution is -2.24. The molecule has 0 aliphatic carbocycles. The third-order valence-electron chi connectivity index (χ3n) is 2.24. The van der Waals surface area contributed by atoms with Crippen LogP contribution in [-0.4, -0.2) is 12.5 Å². The molecule has 0 aliphatic rings. The zero-order chi connectivity index (χ0) is 12.7. The first-order valence-electron chi connectivity index (χ1n) is 5.35. The van der Waals surface area contributed by atoms with E-state index in [4.69, 9.17) is 6.42 Å². The summed E-state index contributed by atoms with van der Waals surface area (Å²) in [5.41, 5.74) is 0.591. The number of unbranched alkanes of at least 4 members (excludes halogenated alkanes) is 2. The monoisotopic (exact) mass is 311 g/mol. The normalized spacial score (nSPS) is 9.71.